The molecule has 0 radical (unpaired) electrons. The second kappa shape index (κ2) is 6.42. The van der Waals surface area contributed by atoms with E-state index in [2.05, 4.69) is 47.3 Å². The monoisotopic (exact) mass is 361 g/mol. The molecule has 4 nitrogen and oxygen atoms in total. The van der Waals surface area contributed by atoms with Gasteiger partial charge in [-0.05, 0) is 44.5 Å². The van der Waals surface area contributed by atoms with Gasteiger partial charge in [-0.15, -0.1) is 11.3 Å². The van der Waals surface area contributed by atoms with Gasteiger partial charge in [-0.2, -0.15) is 0 Å². The highest BCUT2D eigenvalue weighted by Crippen LogP contribution is 2.31. The van der Waals surface area contributed by atoms with Crippen LogP contribution in [0.2, 0.25) is 0 Å². The van der Waals surface area contributed by atoms with E-state index in [-0.39, 0.29) is 5.91 Å². The third-order valence-corrected chi connectivity index (χ3v) is 5.65. The normalized spacial score (nSPS) is 11.0. The van der Waals surface area contributed by atoms with E-state index in [9.17, 15) is 4.79 Å². The molecule has 0 saturated carbocycles. The first-order valence-electron chi connectivity index (χ1n) is 8.45. The zero-order valence-electron chi connectivity index (χ0n) is 14.9. The molecule has 0 aliphatic rings. The van der Waals surface area contributed by atoms with Gasteiger partial charge in [0.2, 0.25) is 0 Å². The number of carbonyl (C=O) groups is 1. The highest BCUT2D eigenvalue weighted by atomic mass is 32.1. The molecule has 0 atom stereocenters. The van der Waals surface area contributed by atoms with Crippen LogP contribution in [0.5, 0.6) is 0 Å². The lowest BCUT2D eigenvalue weighted by Gasteiger charge is -2.05. The van der Waals surface area contributed by atoms with Gasteiger partial charge in [0.1, 0.15) is 9.88 Å². The number of aromatic amines is 1. The van der Waals surface area contributed by atoms with Crippen LogP contribution < -0.4 is 5.32 Å². The molecule has 0 aliphatic carbocycles. The minimum Gasteiger partial charge on any atom is -0.361 e. The predicted molar refractivity (Wildman–Crippen MR) is 108 cm³/mol. The van der Waals surface area contributed by atoms with Crippen LogP contribution in [0, 0.1) is 20.8 Å². The Hall–Kier alpha value is -2.92. The smallest absolute Gasteiger partial charge is 0.267 e. The highest BCUT2D eigenvalue weighted by molar-refractivity contribution is 7.17. The number of aryl methyl sites for hydroxylation is 3. The fraction of sp³-hybridized carbons (Fsp3) is 0.143. The Balaban J connectivity index is 1.67. The van der Waals surface area contributed by atoms with Crippen LogP contribution in [0.4, 0.5) is 5.69 Å². The minimum absolute atomic E-state index is 0.121. The van der Waals surface area contributed by atoms with Gasteiger partial charge in [-0.3, -0.25) is 4.79 Å². The van der Waals surface area contributed by atoms with E-state index >= 15 is 0 Å². The summed E-state index contributed by atoms with van der Waals surface area (Å²) in [4.78, 5) is 21.3. The van der Waals surface area contributed by atoms with Crippen molar-refractivity contribution in [1.82, 2.24) is 9.97 Å². The topological polar surface area (TPSA) is 57.8 Å². The molecule has 0 fully saturated rings. The Labute approximate surface area is 155 Å². The number of aromatic nitrogens is 2. The van der Waals surface area contributed by atoms with E-state index in [0.29, 0.717) is 4.88 Å². The highest BCUT2D eigenvalue weighted by Gasteiger charge is 2.18. The lowest BCUT2D eigenvalue weighted by molar-refractivity contribution is 0.103. The Kier molecular flexibility index (Phi) is 4.09. The van der Waals surface area contributed by atoms with Crippen LogP contribution >= 0.6 is 11.3 Å². The fourth-order valence-electron chi connectivity index (χ4n) is 3.15. The van der Waals surface area contributed by atoms with Crippen LogP contribution in [0.1, 0.15) is 26.5 Å². The number of carbonyl (C=O) groups excluding carboxylic acids is 1. The van der Waals surface area contributed by atoms with Gasteiger partial charge in [0, 0.05) is 22.7 Å². The summed E-state index contributed by atoms with van der Waals surface area (Å²) in [5, 5.41) is 4.91. The lowest BCUT2D eigenvalue weighted by atomic mass is 10.1. The van der Waals surface area contributed by atoms with Gasteiger partial charge < -0.3 is 10.3 Å². The van der Waals surface area contributed by atoms with Gasteiger partial charge >= 0.3 is 0 Å². The van der Waals surface area contributed by atoms with E-state index in [1.54, 1.807) is 0 Å². The standard InChI is InChI=1S/C21H19N3OS/c1-12-7-8-15(13(2)11-12)21-23-14(3)19(26-21)20(25)24-18-6-4-5-17-16(18)9-10-22-17/h4-11,22H,1-3H3,(H,24,25). The third-order valence-electron chi connectivity index (χ3n) is 4.46. The van der Waals surface area contributed by atoms with E-state index in [0.717, 1.165) is 32.9 Å². The second-order valence-electron chi connectivity index (χ2n) is 6.45. The third kappa shape index (κ3) is 2.91. The Bertz CT molecular complexity index is 1120. The first-order valence-corrected chi connectivity index (χ1v) is 9.27. The van der Waals surface area contributed by atoms with Crippen molar-refractivity contribution in [3.05, 3.63) is 70.4 Å². The largest absolute Gasteiger partial charge is 0.361 e. The molecular formula is C21H19N3OS. The maximum absolute atomic E-state index is 12.8. The number of nitrogens with zero attached hydrogens (tertiary/aromatic N) is 1. The molecule has 130 valence electrons. The van der Waals surface area contributed by atoms with Crippen LogP contribution in [0.25, 0.3) is 21.5 Å². The van der Waals surface area contributed by atoms with Crippen molar-refractivity contribution in [1.29, 1.82) is 0 Å². The number of benzene rings is 2. The number of anilines is 1. The first-order chi connectivity index (χ1) is 12.5. The molecule has 5 heteroatoms. The Morgan fingerprint density at radius 3 is 2.77 bits per heavy atom. The van der Waals surface area contributed by atoms with Gasteiger partial charge in [0.25, 0.3) is 5.91 Å². The fourth-order valence-corrected chi connectivity index (χ4v) is 4.20. The van der Waals surface area contributed by atoms with Crippen LogP contribution in [-0.4, -0.2) is 15.9 Å². The van der Waals surface area contributed by atoms with E-state index < -0.39 is 0 Å². The summed E-state index contributed by atoms with van der Waals surface area (Å²) in [6, 6.07) is 14.1. The van der Waals surface area contributed by atoms with E-state index in [1.807, 2.05) is 37.4 Å². The van der Waals surface area contributed by atoms with Crippen molar-refractivity contribution >= 4 is 33.8 Å². The molecule has 4 rings (SSSR count). The second-order valence-corrected chi connectivity index (χ2v) is 7.45. The average Bonchev–Trinajstić information content (AvgIpc) is 3.22. The summed E-state index contributed by atoms with van der Waals surface area (Å²) in [7, 11) is 0. The molecule has 1 amide bonds. The number of thiazole rings is 1. The number of fused-ring (bicyclic) bond motifs is 1. The number of H-pyrrole nitrogens is 1. The SMILES string of the molecule is Cc1ccc(-c2nc(C)c(C(=O)Nc3cccc4[nH]ccc34)s2)c(C)c1. The molecule has 2 heterocycles. The summed E-state index contributed by atoms with van der Waals surface area (Å²) in [5.74, 6) is -0.121. The van der Waals surface area contributed by atoms with E-state index in [4.69, 9.17) is 0 Å². The number of hydrogen-bond acceptors (Lipinski definition) is 3. The van der Waals surface area contributed by atoms with Crippen LogP contribution in [0.3, 0.4) is 0 Å². The van der Waals surface area contributed by atoms with Gasteiger partial charge in [-0.25, -0.2) is 4.98 Å². The quantitative estimate of drug-likeness (QED) is 0.508. The molecule has 0 bridgehead atoms. The molecule has 0 spiro atoms. The number of amides is 1. The van der Waals surface area contributed by atoms with E-state index in [1.165, 1.54) is 22.5 Å². The summed E-state index contributed by atoms with van der Waals surface area (Å²) in [5.41, 5.74) is 6.02. The first kappa shape index (κ1) is 16.5. The molecule has 0 unspecified atom stereocenters. The zero-order valence-corrected chi connectivity index (χ0v) is 15.7. The molecule has 4 aromatic rings. The summed E-state index contributed by atoms with van der Waals surface area (Å²) in [6.45, 7) is 6.03. The number of rotatable bonds is 3. The molecule has 2 aromatic carbocycles. The van der Waals surface area contributed by atoms with Gasteiger partial charge in [0.15, 0.2) is 0 Å². The number of hydrogen-bond donors (Lipinski definition) is 2. The molecule has 26 heavy (non-hydrogen) atoms. The van der Waals surface area contributed by atoms with Gasteiger partial charge in [0.05, 0.1) is 11.4 Å². The zero-order chi connectivity index (χ0) is 18.3. The van der Waals surface area contributed by atoms with Crippen molar-refractivity contribution in [2.45, 2.75) is 20.8 Å². The molecule has 0 saturated heterocycles. The van der Waals surface area contributed by atoms with Crippen molar-refractivity contribution in [2.24, 2.45) is 0 Å². The van der Waals surface area contributed by atoms with Crippen molar-refractivity contribution in [3.8, 4) is 10.6 Å². The maximum atomic E-state index is 12.8. The molecule has 0 aliphatic heterocycles. The Morgan fingerprint density at radius 2 is 1.96 bits per heavy atom. The predicted octanol–water partition coefficient (Wildman–Crippen LogP) is 5.47. The average molecular weight is 361 g/mol. The minimum atomic E-state index is -0.121. The lowest BCUT2D eigenvalue weighted by Crippen LogP contribution is -2.11. The van der Waals surface area contributed by atoms with Crippen molar-refractivity contribution in [2.75, 3.05) is 5.32 Å². The number of nitrogens with one attached hydrogen (secondary N) is 2. The van der Waals surface area contributed by atoms with Gasteiger partial charge in [-0.1, -0.05) is 29.8 Å². The summed E-state index contributed by atoms with van der Waals surface area (Å²) < 4.78 is 0. The summed E-state index contributed by atoms with van der Waals surface area (Å²) in [6.07, 6.45) is 1.87. The van der Waals surface area contributed by atoms with Crippen molar-refractivity contribution in [3.63, 3.8) is 0 Å². The Morgan fingerprint density at radius 1 is 1.12 bits per heavy atom. The molecular weight excluding hydrogens is 342 g/mol. The van der Waals surface area contributed by atoms with Crippen LogP contribution in [-0.2, 0) is 0 Å². The van der Waals surface area contributed by atoms with Crippen LogP contribution in [0.15, 0.2) is 48.7 Å². The molecule has 2 aromatic heterocycles. The maximum Gasteiger partial charge on any atom is 0.267 e. The van der Waals surface area contributed by atoms with Crippen molar-refractivity contribution < 1.29 is 4.79 Å². The molecule has 2 N–H and O–H groups in total. The summed E-state index contributed by atoms with van der Waals surface area (Å²) >= 11 is 1.44.